The molecule has 0 radical (unpaired) electrons. The lowest BCUT2D eigenvalue weighted by atomic mass is 10.1. The number of anilines is 1. The second-order valence-corrected chi connectivity index (χ2v) is 4.46. The lowest BCUT2D eigenvalue weighted by Gasteiger charge is -2.41. The van der Waals surface area contributed by atoms with Crippen molar-refractivity contribution in [2.45, 2.75) is 6.04 Å². The van der Waals surface area contributed by atoms with Crippen LogP contribution in [0.15, 0.2) is 24.3 Å². The highest BCUT2D eigenvalue weighted by molar-refractivity contribution is 5.59. The molecule has 0 bridgehead atoms. The second kappa shape index (κ2) is 5.38. The molecular weight excluding hydrogens is 216 g/mol. The Hall–Kier alpha value is -1.26. The van der Waals surface area contributed by atoms with E-state index in [1.165, 1.54) is 0 Å². The summed E-state index contributed by atoms with van der Waals surface area (Å²) in [5.41, 5.74) is 1.07. The van der Waals surface area contributed by atoms with Crippen LogP contribution in [0.5, 0.6) is 5.75 Å². The van der Waals surface area contributed by atoms with Crippen molar-refractivity contribution in [1.82, 2.24) is 4.90 Å². The SMILES string of the molecule is COc1ccccc1N1CCN(C)CC1CO. The molecular formula is C13H20N2O2. The van der Waals surface area contributed by atoms with Gasteiger partial charge < -0.3 is 19.6 Å². The number of para-hydroxylation sites is 2. The molecule has 4 heteroatoms. The lowest BCUT2D eigenvalue weighted by molar-refractivity contribution is 0.190. The third-order valence-corrected chi connectivity index (χ3v) is 3.29. The maximum Gasteiger partial charge on any atom is 0.142 e. The summed E-state index contributed by atoms with van der Waals surface area (Å²) in [5.74, 6) is 0.871. The van der Waals surface area contributed by atoms with Crippen LogP contribution < -0.4 is 9.64 Å². The van der Waals surface area contributed by atoms with E-state index in [1.807, 2.05) is 24.3 Å². The van der Waals surface area contributed by atoms with Gasteiger partial charge in [-0.3, -0.25) is 0 Å². The van der Waals surface area contributed by atoms with E-state index >= 15 is 0 Å². The van der Waals surface area contributed by atoms with Gasteiger partial charge in [-0.2, -0.15) is 0 Å². The summed E-state index contributed by atoms with van der Waals surface area (Å²) in [6.45, 7) is 2.98. The van der Waals surface area contributed by atoms with Gasteiger partial charge in [-0.05, 0) is 19.2 Å². The van der Waals surface area contributed by atoms with Gasteiger partial charge in [0, 0.05) is 19.6 Å². The number of methoxy groups -OCH3 is 1. The normalized spacial score (nSPS) is 21.6. The maximum atomic E-state index is 9.49. The fourth-order valence-corrected chi connectivity index (χ4v) is 2.35. The molecule has 1 atom stereocenters. The Morgan fingerprint density at radius 3 is 2.82 bits per heavy atom. The fourth-order valence-electron chi connectivity index (χ4n) is 2.35. The molecule has 0 spiro atoms. The first-order chi connectivity index (χ1) is 8.26. The first-order valence-electron chi connectivity index (χ1n) is 5.95. The molecule has 1 unspecified atom stereocenters. The summed E-state index contributed by atoms with van der Waals surface area (Å²) < 4.78 is 5.38. The highest BCUT2D eigenvalue weighted by Crippen LogP contribution is 2.30. The van der Waals surface area contributed by atoms with Gasteiger partial charge in [0.15, 0.2) is 0 Å². The molecule has 0 aromatic heterocycles. The number of aliphatic hydroxyl groups excluding tert-OH is 1. The first-order valence-corrected chi connectivity index (χ1v) is 5.95. The predicted molar refractivity (Wildman–Crippen MR) is 68.7 cm³/mol. The minimum absolute atomic E-state index is 0.144. The number of aliphatic hydroxyl groups is 1. The fraction of sp³-hybridized carbons (Fsp3) is 0.538. The van der Waals surface area contributed by atoms with Gasteiger partial charge >= 0.3 is 0 Å². The summed E-state index contributed by atoms with van der Waals surface area (Å²) in [6.07, 6.45) is 0. The number of hydrogen-bond donors (Lipinski definition) is 1. The summed E-state index contributed by atoms with van der Waals surface area (Å²) in [5, 5.41) is 9.49. The summed E-state index contributed by atoms with van der Waals surface area (Å²) >= 11 is 0. The zero-order chi connectivity index (χ0) is 12.3. The molecule has 1 aromatic rings. The average molecular weight is 236 g/mol. The van der Waals surface area contributed by atoms with Crippen molar-refractivity contribution < 1.29 is 9.84 Å². The Balaban J connectivity index is 2.25. The van der Waals surface area contributed by atoms with Crippen LogP contribution in [0.2, 0.25) is 0 Å². The summed E-state index contributed by atoms with van der Waals surface area (Å²) in [7, 11) is 3.77. The van der Waals surface area contributed by atoms with Crippen molar-refractivity contribution in [2.24, 2.45) is 0 Å². The Labute approximate surface area is 102 Å². The Bertz CT molecular complexity index is 370. The van der Waals surface area contributed by atoms with E-state index in [0.29, 0.717) is 0 Å². The molecule has 1 fully saturated rings. The van der Waals surface area contributed by atoms with Gasteiger partial charge in [-0.25, -0.2) is 0 Å². The number of nitrogens with zero attached hydrogens (tertiary/aromatic N) is 2. The van der Waals surface area contributed by atoms with Crippen molar-refractivity contribution in [3.05, 3.63) is 24.3 Å². The van der Waals surface area contributed by atoms with Gasteiger partial charge in [0.25, 0.3) is 0 Å². The van der Waals surface area contributed by atoms with Gasteiger partial charge in [0.1, 0.15) is 5.75 Å². The van der Waals surface area contributed by atoms with Crippen LogP contribution in [0.25, 0.3) is 0 Å². The Kier molecular flexibility index (Phi) is 3.86. The molecule has 1 aliphatic heterocycles. The molecule has 4 nitrogen and oxygen atoms in total. The number of benzene rings is 1. The molecule has 0 aliphatic carbocycles. The quantitative estimate of drug-likeness (QED) is 0.842. The monoisotopic (exact) mass is 236 g/mol. The zero-order valence-corrected chi connectivity index (χ0v) is 10.5. The van der Waals surface area contributed by atoms with E-state index in [-0.39, 0.29) is 12.6 Å². The summed E-state index contributed by atoms with van der Waals surface area (Å²) in [6, 6.07) is 8.12. The summed E-state index contributed by atoms with van der Waals surface area (Å²) in [4.78, 5) is 4.48. The van der Waals surface area contributed by atoms with Crippen LogP contribution in [0, 0.1) is 0 Å². The van der Waals surface area contributed by atoms with Crippen molar-refractivity contribution in [1.29, 1.82) is 0 Å². The predicted octanol–water partition coefficient (Wildman–Crippen LogP) is 0.808. The standard InChI is InChI=1S/C13H20N2O2/c1-14-7-8-15(11(9-14)10-16)12-5-3-4-6-13(12)17-2/h3-6,11,16H,7-10H2,1-2H3. The molecule has 0 amide bonds. The average Bonchev–Trinajstić information content (AvgIpc) is 2.38. The van der Waals surface area contributed by atoms with E-state index in [9.17, 15) is 5.11 Å². The minimum atomic E-state index is 0.144. The highest BCUT2D eigenvalue weighted by Gasteiger charge is 2.26. The zero-order valence-electron chi connectivity index (χ0n) is 10.5. The third kappa shape index (κ3) is 2.53. The van der Waals surface area contributed by atoms with Gasteiger partial charge in [0.2, 0.25) is 0 Å². The smallest absolute Gasteiger partial charge is 0.142 e. The van der Waals surface area contributed by atoms with Crippen LogP contribution >= 0.6 is 0 Å². The molecule has 1 N–H and O–H groups in total. The Morgan fingerprint density at radius 2 is 2.12 bits per heavy atom. The van der Waals surface area contributed by atoms with Crippen LogP contribution in [-0.4, -0.2) is 56.4 Å². The van der Waals surface area contributed by atoms with Crippen molar-refractivity contribution in [3.63, 3.8) is 0 Å². The topological polar surface area (TPSA) is 35.9 Å². The van der Waals surface area contributed by atoms with E-state index in [2.05, 4.69) is 16.8 Å². The molecule has 1 aliphatic rings. The number of piperazine rings is 1. The number of hydrogen-bond acceptors (Lipinski definition) is 4. The van der Waals surface area contributed by atoms with Crippen LogP contribution in [0.4, 0.5) is 5.69 Å². The van der Waals surface area contributed by atoms with Crippen LogP contribution in [-0.2, 0) is 0 Å². The lowest BCUT2D eigenvalue weighted by Crippen LogP contribution is -2.53. The van der Waals surface area contributed by atoms with E-state index in [4.69, 9.17) is 4.74 Å². The van der Waals surface area contributed by atoms with E-state index in [0.717, 1.165) is 31.1 Å². The molecule has 2 rings (SSSR count). The number of rotatable bonds is 3. The van der Waals surface area contributed by atoms with Crippen LogP contribution in [0.3, 0.4) is 0 Å². The molecule has 0 saturated carbocycles. The molecule has 94 valence electrons. The molecule has 17 heavy (non-hydrogen) atoms. The van der Waals surface area contributed by atoms with Crippen LogP contribution in [0.1, 0.15) is 0 Å². The van der Waals surface area contributed by atoms with E-state index < -0.39 is 0 Å². The van der Waals surface area contributed by atoms with Crippen molar-refractivity contribution in [3.8, 4) is 5.75 Å². The van der Waals surface area contributed by atoms with Gasteiger partial charge in [0.05, 0.1) is 25.4 Å². The maximum absolute atomic E-state index is 9.49. The third-order valence-electron chi connectivity index (χ3n) is 3.29. The van der Waals surface area contributed by atoms with Crippen molar-refractivity contribution >= 4 is 5.69 Å². The molecule has 1 heterocycles. The van der Waals surface area contributed by atoms with E-state index in [1.54, 1.807) is 7.11 Å². The highest BCUT2D eigenvalue weighted by atomic mass is 16.5. The minimum Gasteiger partial charge on any atom is -0.495 e. The first kappa shape index (κ1) is 12.2. The Morgan fingerprint density at radius 1 is 1.35 bits per heavy atom. The number of ether oxygens (including phenoxy) is 1. The molecule has 1 aromatic carbocycles. The molecule has 1 saturated heterocycles. The second-order valence-electron chi connectivity index (χ2n) is 4.46. The largest absolute Gasteiger partial charge is 0.495 e. The van der Waals surface area contributed by atoms with Gasteiger partial charge in [-0.1, -0.05) is 12.1 Å². The van der Waals surface area contributed by atoms with Gasteiger partial charge in [-0.15, -0.1) is 0 Å². The number of likely N-dealkylation sites (N-methyl/N-ethyl adjacent to an activating group) is 1. The van der Waals surface area contributed by atoms with Crippen molar-refractivity contribution in [2.75, 3.05) is 45.3 Å².